The van der Waals surface area contributed by atoms with Crippen LogP contribution in [0.3, 0.4) is 0 Å². The van der Waals surface area contributed by atoms with Crippen molar-refractivity contribution in [3.63, 3.8) is 0 Å². The van der Waals surface area contributed by atoms with Crippen LogP contribution in [-0.2, 0) is 4.79 Å². The van der Waals surface area contributed by atoms with Gasteiger partial charge in [0.15, 0.2) is 5.78 Å². The second kappa shape index (κ2) is 4.36. The summed E-state index contributed by atoms with van der Waals surface area (Å²) >= 11 is 0. The molecule has 1 spiro atoms. The van der Waals surface area contributed by atoms with Gasteiger partial charge in [-0.3, -0.25) is 4.79 Å². The molecule has 0 amide bonds. The molecule has 0 aromatic carbocycles. The summed E-state index contributed by atoms with van der Waals surface area (Å²) in [6.45, 7) is 4.99. The first kappa shape index (κ1) is 15.1. The summed E-state index contributed by atoms with van der Waals surface area (Å²) < 4.78 is 0. The lowest BCUT2D eigenvalue weighted by Crippen LogP contribution is -2.58. The van der Waals surface area contributed by atoms with E-state index in [1.54, 1.807) is 0 Å². The van der Waals surface area contributed by atoms with Crippen LogP contribution >= 0.6 is 0 Å². The van der Waals surface area contributed by atoms with Gasteiger partial charge in [-0.1, -0.05) is 20.3 Å². The molecule has 3 heteroatoms. The van der Waals surface area contributed by atoms with Gasteiger partial charge in [0, 0.05) is 13.0 Å². The van der Waals surface area contributed by atoms with Crippen LogP contribution in [0.1, 0.15) is 71.6 Å². The van der Waals surface area contributed by atoms with Gasteiger partial charge in [-0.15, -0.1) is 0 Å². The highest BCUT2D eigenvalue weighted by Crippen LogP contribution is 2.71. The first-order valence-electron chi connectivity index (χ1n) is 9.15. The van der Waals surface area contributed by atoms with Crippen molar-refractivity contribution in [2.24, 2.45) is 28.1 Å². The number of hydrogen-bond donors (Lipinski definition) is 2. The maximum atomic E-state index is 12.4. The van der Waals surface area contributed by atoms with Crippen LogP contribution in [-0.4, -0.2) is 28.2 Å². The molecule has 124 valence electrons. The lowest BCUT2D eigenvalue weighted by molar-refractivity contribution is -0.172. The van der Waals surface area contributed by atoms with E-state index >= 15 is 0 Å². The van der Waals surface area contributed by atoms with Crippen molar-refractivity contribution in [2.45, 2.75) is 77.2 Å². The number of aliphatic hydroxyl groups is 2. The molecule has 4 fully saturated rings. The normalized spacial score (nSPS) is 57.4. The fourth-order valence-corrected chi connectivity index (χ4v) is 7.51. The first-order valence-corrected chi connectivity index (χ1v) is 9.15. The number of carbonyl (C=O) groups is 1. The van der Waals surface area contributed by atoms with Crippen LogP contribution in [0.15, 0.2) is 0 Å². The van der Waals surface area contributed by atoms with Crippen molar-refractivity contribution < 1.29 is 15.0 Å². The zero-order valence-corrected chi connectivity index (χ0v) is 14.0. The minimum absolute atomic E-state index is 0.0466. The van der Waals surface area contributed by atoms with Crippen LogP contribution in [0.4, 0.5) is 0 Å². The Labute approximate surface area is 133 Å². The van der Waals surface area contributed by atoms with E-state index in [-0.39, 0.29) is 28.6 Å². The topological polar surface area (TPSA) is 57.5 Å². The van der Waals surface area contributed by atoms with E-state index in [1.165, 1.54) is 12.8 Å². The zero-order valence-electron chi connectivity index (χ0n) is 14.0. The molecule has 0 radical (unpaired) electrons. The molecular weight excluding hydrogens is 276 g/mol. The van der Waals surface area contributed by atoms with Crippen molar-refractivity contribution in [1.29, 1.82) is 0 Å². The second-order valence-electron chi connectivity index (χ2n) is 9.52. The highest BCUT2D eigenvalue weighted by atomic mass is 16.3. The van der Waals surface area contributed by atoms with Gasteiger partial charge in [0.2, 0.25) is 0 Å². The molecule has 4 aliphatic carbocycles. The highest BCUT2D eigenvalue weighted by Gasteiger charge is 2.67. The van der Waals surface area contributed by atoms with Crippen LogP contribution in [0, 0.1) is 28.1 Å². The van der Waals surface area contributed by atoms with E-state index in [1.807, 2.05) is 0 Å². The van der Waals surface area contributed by atoms with Crippen LogP contribution in [0.25, 0.3) is 0 Å². The molecule has 2 bridgehead atoms. The predicted octanol–water partition coefficient (Wildman–Crippen LogP) is 3.08. The molecule has 4 aliphatic rings. The molecule has 0 saturated heterocycles. The molecule has 0 aromatic heterocycles. The van der Waals surface area contributed by atoms with Gasteiger partial charge in [-0.05, 0) is 73.0 Å². The highest BCUT2D eigenvalue weighted by molar-refractivity contribution is 5.90. The van der Waals surface area contributed by atoms with Crippen LogP contribution < -0.4 is 0 Å². The molecule has 22 heavy (non-hydrogen) atoms. The summed E-state index contributed by atoms with van der Waals surface area (Å²) in [7, 11) is 0. The summed E-state index contributed by atoms with van der Waals surface area (Å²) in [4.78, 5) is 12.4. The molecule has 0 aliphatic heterocycles. The van der Waals surface area contributed by atoms with Crippen molar-refractivity contribution in [2.75, 3.05) is 6.61 Å². The number of carbonyl (C=O) groups excluding carboxylic acids is 1. The Kier molecular flexibility index (Phi) is 3.00. The number of hydrogen-bond acceptors (Lipinski definition) is 3. The molecule has 4 unspecified atom stereocenters. The maximum Gasteiger partial charge on any atom is 0.164 e. The Morgan fingerprint density at radius 1 is 1.09 bits per heavy atom. The summed E-state index contributed by atoms with van der Waals surface area (Å²) in [6, 6.07) is 0. The molecular formula is C19H30O3. The minimum atomic E-state index is -1.01. The molecule has 4 saturated carbocycles. The van der Waals surface area contributed by atoms with Crippen LogP contribution in [0.5, 0.6) is 0 Å². The lowest BCUT2D eigenvalue weighted by atomic mass is 9.41. The SMILES string of the molecule is CC1(CO)CCCC2(C)C3CCC4(O)C[C@@]3(CC[C@H]12)CC4=O. The molecule has 4 rings (SSSR count). The summed E-state index contributed by atoms with van der Waals surface area (Å²) in [5.41, 5.74) is -0.664. The third kappa shape index (κ3) is 1.67. The number of ketones is 1. The monoisotopic (exact) mass is 306 g/mol. The number of rotatable bonds is 1. The molecule has 3 nitrogen and oxygen atoms in total. The van der Waals surface area contributed by atoms with Crippen molar-refractivity contribution in [1.82, 2.24) is 0 Å². The Balaban J connectivity index is 1.74. The first-order chi connectivity index (χ1) is 10.3. The Morgan fingerprint density at radius 3 is 2.55 bits per heavy atom. The number of aliphatic hydroxyl groups excluding tert-OH is 1. The van der Waals surface area contributed by atoms with E-state index in [2.05, 4.69) is 13.8 Å². The van der Waals surface area contributed by atoms with Crippen LogP contribution in [0.2, 0.25) is 0 Å². The number of Topliss-reactive ketones (excluding diaryl/α,β-unsaturated/α-hetero) is 1. The van der Waals surface area contributed by atoms with Crippen molar-refractivity contribution in [3.8, 4) is 0 Å². The Morgan fingerprint density at radius 2 is 1.82 bits per heavy atom. The molecule has 6 atom stereocenters. The van der Waals surface area contributed by atoms with Gasteiger partial charge in [0.25, 0.3) is 0 Å². The predicted molar refractivity (Wildman–Crippen MR) is 84.2 cm³/mol. The van der Waals surface area contributed by atoms with Gasteiger partial charge in [0.1, 0.15) is 5.60 Å². The zero-order chi connectivity index (χ0) is 15.8. The van der Waals surface area contributed by atoms with Gasteiger partial charge < -0.3 is 10.2 Å². The molecule has 0 heterocycles. The van der Waals surface area contributed by atoms with E-state index in [0.29, 0.717) is 31.1 Å². The Hall–Kier alpha value is -0.410. The summed E-state index contributed by atoms with van der Waals surface area (Å²) in [5, 5.41) is 20.7. The van der Waals surface area contributed by atoms with E-state index in [9.17, 15) is 15.0 Å². The average molecular weight is 306 g/mol. The van der Waals surface area contributed by atoms with E-state index in [0.717, 1.165) is 25.7 Å². The van der Waals surface area contributed by atoms with Gasteiger partial charge in [-0.25, -0.2) is 0 Å². The maximum absolute atomic E-state index is 12.4. The van der Waals surface area contributed by atoms with E-state index < -0.39 is 5.60 Å². The van der Waals surface area contributed by atoms with Gasteiger partial charge >= 0.3 is 0 Å². The van der Waals surface area contributed by atoms with Crippen molar-refractivity contribution in [3.05, 3.63) is 0 Å². The van der Waals surface area contributed by atoms with E-state index in [4.69, 9.17) is 0 Å². The standard InChI is InChI=1S/C19H30O3/c1-16(12-20)6-3-7-17(2)13(16)4-8-18-10-15(21)19(22,11-18)9-5-14(17)18/h13-14,20,22H,3-12H2,1-2H3/t13-,14?,16?,17?,18-,19?/m1/s1. The third-order valence-corrected chi connectivity index (χ3v) is 8.45. The fourth-order valence-electron chi connectivity index (χ4n) is 7.51. The van der Waals surface area contributed by atoms with Crippen molar-refractivity contribution >= 4 is 5.78 Å². The number of fused-ring (bicyclic) bond motifs is 3. The summed E-state index contributed by atoms with van der Waals surface area (Å²) in [6.07, 6.45) is 8.71. The molecule has 2 N–H and O–H groups in total. The second-order valence-corrected chi connectivity index (χ2v) is 9.52. The smallest absolute Gasteiger partial charge is 0.164 e. The largest absolute Gasteiger partial charge is 0.396 e. The average Bonchev–Trinajstić information content (AvgIpc) is 2.64. The Bertz CT molecular complexity index is 517. The third-order valence-electron chi connectivity index (χ3n) is 8.45. The minimum Gasteiger partial charge on any atom is -0.396 e. The van der Waals surface area contributed by atoms with Gasteiger partial charge in [0.05, 0.1) is 0 Å². The lowest BCUT2D eigenvalue weighted by Gasteiger charge is -2.64. The quantitative estimate of drug-likeness (QED) is 0.783. The fraction of sp³-hybridized carbons (Fsp3) is 0.947. The molecule has 0 aromatic rings. The van der Waals surface area contributed by atoms with Gasteiger partial charge in [-0.2, -0.15) is 0 Å². The summed E-state index contributed by atoms with van der Waals surface area (Å²) in [5.74, 6) is 1.23.